The summed E-state index contributed by atoms with van der Waals surface area (Å²) in [4.78, 5) is 0. The summed E-state index contributed by atoms with van der Waals surface area (Å²) >= 11 is 9.48. The second-order valence-electron chi connectivity index (χ2n) is 3.93. The van der Waals surface area contributed by atoms with Gasteiger partial charge in [0.05, 0.1) is 23.8 Å². The predicted molar refractivity (Wildman–Crippen MR) is 78.4 cm³/mol. The molecule has 2 aromatic rings. The van der Waals surface area contributed by atoms with Gasteiger partial charge in [-0.1, -0.05) is 11.6 Å². The van der Waals surface area contributed by atoms with Gasteiger partial charge in [-0.05, 0) is 40.2 Å². The van der Waals surface area contributed by atoms with Crippen LogP contribution in [0, 0.1) is 0 Å². The fraction of sp³-hybridized carbons (Fsp3) is 0.231. The molecule has 0 bridgehead atoms. The lowest BCUT2D eigenvalue weighted by Crippen LogP contribution is -2.05. The number of aryl methyl sites for hydroxylation is 1. The molecule has 0 saturated heterocycles. The fourth-order valence-electron chi connectivity index (χ4n) is 1.77. The van der Waals surface area contributed by atoms with Crippen molar-refractivity contribution in [1.82, 2.24) is 4.57 Å². The van der Waals surface area contributed by atoms with Gasteiger partial charge in [-0.15, -0.1) is 0 Å². The zero-order valence-electron chi connectivity index (χ0n) is 10.2. The summed E-state index contributed by atoms with van der Waals surface area (Å²) in [5.74, 6) is 0.758. The van der Waals surface area contributed by atoms with E-state index in [-0.39, 0.29) is 0 Å². The topological polar surface area (TPSA) is 26.2 Å². The van der Waals surface area contributed by atoms with Crippen molar-refractivity contribution in [2.45, 2.75) is 6.54 Å². The third kappa shape index (κ3) is 2.82. The van der Waals surface area contributed by atoms with E-state index in [9.17, 15) is 0 Å². The van der Waals surface area contributed by atoms with Crippen LogP contribution in [0.25, 0.3) is 0 Å². The zero-order chi connectivity index (χ0) is 13.1. The first-order valence-corrected chi connectivity index (χ1v) is 6.66. The Morgan fingerprint density at radius 3 is 2.83 bits per heavy atom. The van der Waals surface area contributed by atoms with E-state index in [0.717, 1.165) is 15.9 Å². The molecule has 0 spiro atoms. The van der Waals surface area contributed by atoms with Crippen molar-refractivity contribution in [3.8, 4) is 5.75 Å². The van der Waals surface area contributed by atoms with Crippen molar-refractivity contribution >= 4 is 33.2 Å². The average molecular weight is 330 g/mol. The Bertz CT molecular complexity index is 554. The molecule has 1 aromatic heterocycles. The standard InChI is InChI=1S/C13H14BrClN2O/c1-17-5-3-4-10(17)8-16-12-7-9(15)6-11(14)13(12)18-2/h3-7,16H,8H2,1-2H3. The number of aromatic nitrogens is 1. The highest BCUT2D eigenvalue weighted by Gasteiger charge is 2.09. The van der Waals surface area contributed by atoms with Crippen LogP contribution in [0.5, 0.6) is 5.75 Å². The van der Waals surface area contributed by atoms with Crippen LogP contribution in [-0.2, 0) is 13.6 Å². The Hall–Kier alpha value is -1.13. The van der Waals surface area contributed by atoms with E-state index < -0.39 is 0 Å². The first kappa shape index (κ1) is 13.3. The number of ether oxygens (including phenoxy) is 1. The lowest BCUT2D eigenvalue weighted by Gasteiger charge is -2.13. The minimum Gasteiger partial charge on any atom is -0.493 e. The van der Waals surface area contributed by atoms with Gasteiger partial charge in [-0.25, -0.2) is 0 Å². The van der Waals surface area contributed by atoms with Crippen LogP contribution in [0.15, 0.2) is 34.9 Å². The molecule has 0 amide bonds. The van der Waals surface area contributed by atoms with Crippen molar-refractivity contribution in [1.29, 1.82) is 0 Å². The first-order valence-electron chi connectivity index (χ1n) is 5.49. The molecule has 3 nitrogen and oxygen atoms in total. The summed E-state index contributed by atoms with van der Waals surface area (Å²) in [6.07, 6.45) is 2.02. The van der Waals surface area contributed by atoms with Crippen molar-refractivity contribution in [3.05, 3.63) is 45.7 Å². The molecule has 0 radical (unpaired) electrons. The van der Waals surface area contributed by atoms with Crippen molar-refractivity contribution in [2.24, 2.45) is 7.05 Å². The molecule has 5 heteroatoms. The molecule has 0 unspecified atom stereocenters. The highest BCUT2D eigenvalue weighted by molar-refractivity contribution is 9.10. The molecular formula is C13H14BrClN2O. The molecule has 0 saturated carbocycles. The van der Waals surface area contributed by atoms with Gasteiger partial charge in [0.25, 0.3) is 0 Å². The largest absolute Gasteiger partial charge is 0.493 e. The Balaban J connectivity index is 2.21. The van der Waals surface area contributed by atoms with Gasteiger partial charge in [-0.3, -0.25) is 0 Å². The fourth-order valence-corrected chi connectivity index (χ4v) is 2.74. The van der Waals surface area contributed by atoms with E-state index in [2.05, 4.69) is 31.9 Å². The third-order valence-electron chi connectivity index (χ3n) is 2.72. The minimum absolute atomic E-state index is 0.664. The number of hydrogen-bond acceptors (Lipinski definition) is 2. The quantitative estimate of drug-likeness (QED) is 0.915. The summed E-state index contributed by atoms with van der Waals surface area (Å²) < 4.78 is 8.26. The maximum atomic E-state index is 6.04. The zero-order valence-corrected chi connectivity index (χ0v) is 12.5. The molecule has 0 aliphatic carbocycles. The molecule has 18 heavy (non-hydrogen) atoms. The van der Waals surface area contributed by atoms with Crippen LogP contribution in [0.3, 0.4) is 0 Å². The molecule has 1 heterocycles. The molecule has 0 aliphatic rings. The molecule has 0 aliphatic heterocycles. The van der Waals surface area contributed by atoms with Gasteiger partial charge in [0.15, 0.2) is 5.75 Å². The Kier molecular flexibility index (Phi) is 4.19. The second kappa shape index (κ2) is 5.67. The monoisotopic (exact) mass is 328 g/mol. The number of rotatable bonds is 4. The number of benzene rings is 1. The number of halogens is 2. The van der Waals surface area contributed by atoms with Crippen LogP contribution >= 0.6 is 27.5 Å². The lowest BCUT2D eigenvalue weighted by molar-refractivity contribution is 0.414. The molecule has 2 rings (SSSR count). The Labute approximate surface area is 120 Å². The van der Waals surface area contributed by atoms with Crippen molar-refractivity contribution < 1.29 is 4.74 Å². The first-order chi connectivity index (χ1) is 8.61. The van der Waals surface area contributed by atoms with Crippen LogP contribution < -0.4 is 10.1 Å². The van der Waals surface area contributed by atoms with Crippen molar-refractivity contribution in [2.75, 3.05) is 12.4 Å². The Morgan fingerprint density at radius 2 is 2.22 bits per heavy atom. The molecule has 96 valence electrons. The van der Waals surface area contributed by atoms with E-state index in [1.54, 1.807) is 7.11 Å². The van der Waals surface area contributed by atoms with Crippen LogP contribution in [0.4, 0.5) is 5.69 Å². The van der Waals surface area contributed by atoms with E-state index in [1.165, 1.54) is 5.69 Å². The SMILES string of the molecule is COc1c(Br)cc(Cl)cc1NCc1cccn1C. The summed E-state index contributed by atoms with van der Waals surface area (Å²) in [6, 6.07) is 7.75. The predicted octanol–water partition coefficient (Wildman–Crippen LogP) is 4.06. The lowest BCUT2D eigenvalue weighted by atomic mass is 10.3. The third-order valence-corrected chi connectivity index (χ3v) is 3.53. The van der Waals surface area contributed by atoms with Crippen molar-refractivity contribution in [3.63, 3.8) is 0 Å². The highest BCUT2D eigenvalue weighted by atomic mass is 79.9. The van der Waals surface area contributed by atoms with Crippen LogP contribution in [0.2, 0.25) is 5.02 Å². The molecule has 0 atom stereocenters. The number of nitrogens with zero attached hydrogens (tertiary/aromatic N) is 1. The van der Waals surface area contributed by atoms with E-state index >= 15 is 0 Å². The van der Waals surface area contributed by atoms with Gasteiger partial charge in [0.1, 0.15) is 0 Å². The van der Waals surface area contributed by atoms with Gasteiger partial charge < -0.3 is 14.6 Å². The second-order valence-corrected chi connectivity index (χ2v) is 5.22. The Morgan fingerprint density at radius 1 is 1.44 bits per heavy atom. The van der Waals surface area contributed by atoms with Gasteiger partial charge in [0, 0.05) is 24.0 Å². The molecule has 1 aromatic carbocycles. The van der Waals surface area contributed by atoms with E-state index in [1.807, 2.05) is 31.4 Å². The summed E-state index contributed by atoms with van der Waals surface area (Å²) in [5, 5.41) is 3.99. The summed E-state index contributed by atoms with van der Waals surface area (Å²) in [6.45, 7) is 0.715. The smallest absolute Gasteiger partial charge is 0.156 e. The maximum Gasteiger partial charge on any atom is 0.156 e. The number of methoxy groups -OCH3 is 1. The number of anilines is 1. The average Bonchev–Trinajstić information content (AvgIpc) is 2.71. The number of hydrogen-bond donors (Lipinski definition) is 1. The minimum atomic E-state index is 0.664. The van der Waals surface area contributed by atoms with E-state index in [4.69, 9.17) is 16.3 Å². The molecule has 0 fully saturated rings. The van der Waals surface area contributed by atoms with E-state index in [0.29, 0.717) is 11.6 Å². The van der Waals surface area contributed by atoms with Gasteiger partial charge in [0.2, 0.25) is 0 Å². The normalized spacial score (nSPS) is 10.4. The number of nitrogens with one attached hydrogen (secondary N) is 1. The van der Waals surface area contributed by atoms with Gasteiger partial charge >= 0.3 is 0 Å². The summed E-state index contributed by atoms with van der Waals surface area (Å²) in [7, 11) is 3.66. The maximum absolute atomic E-state index is 6.04. The highest BCUT2D eigenvalue weighted by Crippen LogP contribution is 2.36. The van der Waals surface area contributed by atoms with Gasteiger partial charge in [-0.2, -0.15) is 0 Å². The molecular weight excluding hydrogens is 316 g/mol. The summed E-state index contributed by atoms with van der Waals surface area (Å²) in [5.41, 5.74) is 2.06. The molecule has 1 N–H and O–H groups in total. The van der Waals surface area contributed by atoms with Crippen LogP contribution in [-0.4, -0.2) is 11.7 Å². The van der Waals surface area contributed by atoms with Crippen LogP contribution in [0.1, 0.15) is 5.69 Å².